The molecule has 23 heavy (non-hydrogen) atoms. The Morgan fingerprint density at radius 3 is 2.70 bits per heavy atom. The van der Waals surface area contributed by atoms with Crippen LogP contribution in [0.15, 0.2) is 46.3 Å². The third-order valence-corrected chi connectivity index (χ3v) is 4.85. The number of thiophene rings is 1. The summed E-state index contributed by atoms with van der Waals surface area (Å²) in [5.41, 5.74) is 0.888. The predicted octanol–water partition coefficient (Wildman–Crippen LogP) is 4.00. The quantitative estimate of drug-likeness (QED) is 0.684. The van der Waals surface area contributed by atoms with Gasteiger partial charge in [-0.25, -0.2) is 0 Å². The van der Waals surface area contributed by atoms with E-state index in [2.05, 4.69) is 46.5 Å². The first-order valence-corrected chi connectivity index (χ1v) is 8.26. The number of nitrogens with zero attached hydrogens (tertiary/aromatic N) is 3. The van der Waals surface area contributed by atoms with E-state index in [1.807, 2.05) is 24.3 Å². The summed E-state index contributed by atoms with van der Waals surface area (Å²) in [6.07, 6.45) is 0. The van der Waals surface area contributed by atoms with E-state index in [1.165, 1.54) is 4.88 Å². The summed E-state index contributed by atoms with van der Waals surface area (Å²) in [6, 6.07) is 12.1. The molecule has 1 aromatic carbocycles. The van der Waals surface area contributed by atoms with Crippen LogP contribution in [-0.2, 0) is 6.54 Å². The molecule has 0 aliphatic heterocycles. The van der Waals surface area contributed by atoms with Crippen molar-refractivity contribution >= 4 is 11.3 Å². The molecule has 5 nitrogen and oxygen atoms in total. The fourth-order valence-electron chi connectivity index (χ4n) is 2.28. The lowest BCUT2D eigenvalue weighted by Crippen LogP contribution is -2.21. The summed E-state index contributed by atoms with van der Waals surface area (Å²) in [7, 11) is 3.71. The first kappa shape index (κ1) is 15.7. The molecule has 2 heterocycles. The highest BCUT2D eigenvalue weighted by molar-refractivity contribution is 7.10. The normalized spacial score (nSPS) is 12.5. The van der Waals surface area contributed by atoms with Crippen LogP contribution >= 0.6 is 11.3 Å². The van der Waals surface area contributed by atoms with Crippen molar-refractivity contribution < 1.29 is 9.26 Å². The Balaban J connectivity index is 1.69. The maximum atomic E-state index is 5.37. The van der Waals surface area contributed by atoms with Crippen molar-refractivity contribution in [3.63, 3.8) is 0 Å². The van der Waals surface area contributed by atoms with Crippen LogP contribution in [-0.4, -0.2) is 29.2 Å². The van der Waals surface area contributed by atoms with E-state index in [1.54, 1.807) is 18.4 Å². The van der Waals surface area contributed by atoms with Gasteiger partial charge in [-0.15, -0.1) is 11.3 Å². The molecule has 120 valence electrons. The second-order valence-corrected chi connectivity index (χ2v) is 6.33. The lowest BCUT2D eigenvalue weighted by molar-refractivity contribution is 0.246. The third-order valence-electron chi connectivity index (χ3n) is 3.81. The van der Waals surface area contributed by atoms with Gasteiger partial charge in [0.1, 0.15) is 5.75 Å². The van der Waals surface area contributed by atoms with Gasteiger partial charge in [-0.05, 0) is 49.7 Å². The number of methoxy groups -OCH3 is 1. The van der Waals surface area contributed by atoms with Crippen LogP contribution in [0.25, 0.3) is 11.5 Å². The summed E-state index contributed by atoms with van der Waals surface area (Å²) >= 11 is 1.76. The molecule has 0 saturated carbocycles. The van der Waals surface area contributed by atoms with Gasteiger partial charge in [0.25, 0.3) is 5.89 Å². The molecule has 2 aromatic heterocycles. The van der Waals surface area contributed by atoms with Gasteiger partial charge >= 0.3 is 0 Å². The van der Waals surface area contributed by atoms with Gasteiger partial charge in [0.15, 0.2) is 5.82 Å². The number of hydrogen-bond donors (Lipinski definition) is 0. The van der Waals surface area contributed by atoms with Crippen molar-refractivity contribution in [2.24, 2.45) is 0 Å². The predicted molar refractivity (Wildman–Crippen MR) is 90.5 cm³/mol. The molecule has 3 aromatic rings. The largest absolute Gasteiger partial charge is 0.497 e. The van der Waals surface area contributed by atoms with Gasteiger partial charge in [0.2, 0.25) is 0 Å². The molecular weight excluding hydrogens is 310 g/mol. The van der Waals surface area contributed by atoms with Gasteiger partial charge in [0.05, 0.1) is 13.7 Å². The smallest absolute Gasteiger partial charge is 0.257 e. The summed E-state index contributed by atoms with van der Waals surface area (Å²) in [6.45, 7) is 2.81. The Hall–Kier alpha value is -2.18. The van der Waals surface area contributed by atoms with Gasteiger partial charge < -0.3 is 9.26 Å². The highest BCUT2D eigenvalue weighted by atomic mass is 32.1. The summed E-state index contributed by atoms with van der Waals surface area (Å²) in [4.78, 5) is 8.01. The van der Waals surface area contributed by atoms with Crippen LogP contribution in [0.1, 0.15) is 23.7 Å². The Labute approximate surface area is 139 Å². The van der Waals surface area contributed by atoms with Gasteiger partial charge in [-0.3, -0.25) is 4.90 Å². The number of benzene rings is 1. The van der Waals surface area contributed by atoms with Crippen LogP contribution in [0.4, 0.5) is 0 Å². The molecular formula is C17H19N3O2S. The van der Waals surface area contributed by atoms with Crippen LogP contribution in [0.2, 0.25) is 0 Å². The van der Waals surface area contributed by atoms with Crippen LogP contribution in [0, 0.1) is 0 Å². The molecule has 0 spiro atoms. The Morgan fingerprint density at radius 2 is 2.04 bits per heavy atom. The van der Waals surface area contributed by atoms with Crippen LogP contribution in [0.3, 0.4) is 0 Å². The molecule has 0 saturated heterocycles. The molecule has 0 aliphatic rings. The van der Waals surface area contributed by atoms with Gasteiger partial charge in [0, 0.05) is 16.5 Å². The Bertz CT molecular complexity index is 738. The summed E-state index contributed by atoms with van der Waals surface area (Å²) in [5, 5.41) is 6.18. The zero-order valence-electron chi connectivity index (χ0n) is 13.4. The highest BCUT2D eigenvalue weighted by Crippen LogP contribution is 2.25. The lowest BCUT2D eigenvalue weighted by Gasteiger charge is -2.21. The van der Waals surface area contributed by atoms with E-state index in [9.17, 15) is 0 Å². The molecule has 0 N–H and O–H groups in total. The van der Waals surface area contributed by atoms with E-state index >= 15 is 0 Å². The second kappa shape index (κ2) is 6.93. The van der Waals surface area contributed by atoms with E-state index in [4.69, 9.17) is 9.26 Å². The van der Waals surface area contributed by atoms with Gasteiger partial charge in [-0.1, -0.05) is 11.2 Å². The maximum absolute atomic E-state index is 5.37. The fourth-order valence-corrected chi connectivity index (χ4v) is 3.12. The Kier molecular flexibility index (Phi) is 4.73. The molecule has 0 aliphatic carbocycles. The van der Waals surface area contributed by atoms with E-state index in [0.29, 0.717) is 24.3 Å². The molecule has 0 amide bonds. The minimum Gasteiger partial charge on any atom is -0.497 e. The van der Waals surface area contributed by atoms with Crippen molar-refractivity contribution in [2.75, 3.05) is 14.2 Å². The summed E-state index contributed by atoms with van der Waals surface area (Å²) < 4.78 is 10.5. The second-order valence-electron chi connectivity index (χ2n) is 5.35. The highest BCUT2D eigenvalue weighted by Gasteiger charge is 2.16. The zero-order valence-corrected chi connectivity index (χ0v) is 14.2. The first-order valence-electron chi connectivity index (χ1n) is 7.38. The first-order chi connectivity index (χ1) is 11.2. The number of aromatic nitrogens is 2. The lowest BCUT2D eigenvalue weighted by atomic mass is 10.2. The van der Waals surface area contributed by atoms with E-state index in [0.717, 1.165) is 11.3 Å². The number of rotatable bonds is 6. The van der Waals surface area contributed by atoms with Crippen molar-refractivity contribution in [1.29, 1.82) is 0 Å². The van der Waals surface area contributed by atoms with E-state index in [-0.39, 0.29) is 0 Å². The minimum absolute atomic E-state index is 0.318. The Morgan fingerprint density at radius 1 is 1.26 bits per heavy atom. The molecule has 0 fully saturated rings. The molecule has 1 atom stereocenters. The molecule has 0 bridgehead atoms. The van der Waals surface area contributed by atoms with Crippen LogP contribution < -0.4 is 4.74 Å². The third kappa shape index (κ3) is 3.60. The average molecular weight is 329 g/mol. The monoisotopic (exact) mass is 329 g/mol. The van der Waals surface area contributed by atoms with Crippen molar-refractivity contribution in [3.05, 3.63) is 52.5 Å². The minimum atomic E-state index is 0.318. The van der Waals surface area contributed by atoms with Crippen molar-refractivity contribution in [2.45, 2.75) is 19.5 Å². The molecule has 1 unspecified atom stereocenters. The fraction of sp³-hybridized carbons (Fsp3) is 0.294. The maximum Gasteiger partial charge on any atom is 0.257 e. The molecule has 0 radical (unpaired) electrons. The molecule has 3 rings (SSSR count). The standard InChI is InChI=1S/C17H19N3O2S/c1-12(15-5-4-10-23-15)20(2)11-16-18-17(22-19-16)13-6-8-14(21-3)9-7-13/h4-10,12H,11H2,1-3H3. The average Bonchev–Trinajstić information content (AvgIpc) is 3.26. The number of ether oxygens (including phenoxy) is 1. The molecule has 6 heteroatoms. The van der Waals surface area contributed by atoms with Gasteiger partial charge in [-0.2, -0.15) is 4.98 Å². The van der Waals surface area contributed by atoms with Crippen LogP contribution in [0.5, 0.6) is 5.75 Å². The zero-order chi connectivity index (χ0) is 16.2. The van der Waals surface area contributed by atoms with E-state index < -0.39 is 0 Å². The number of hydrogen-bond acceptors (Lipinski definition) is 6. The van der Waals surface area contributed by atoms with Crippen molar-refractivity contribution in [3.8, 4) is 17.2 Å². The SMILES string of the molecule is COc1ccc(-c2nc(CN(C)C(C)c3cccs3)no2)cc1. The summed E-state index contributed by atoms with van der Waals surface area (Å²) in [5.74, 6) is 2.01. The topological polar surface area (TPSA) is 51.4 Å². The van der Waals surface area contributed by atoms with Crippen molar-refractivity contribution in [1.82, 2.24) is 15.0 Å².